The van der Waals surface area contributed by atoms with Gasteiger partial charge in [-0.15, -0.1) is 0 Å². The van der Waals surface area contributed by atoms with Gasteiger partial charge >= 0.3 is 48.4 Å². The van der Waals surface area contributed by atoms with Crippen molar-refractivity contribution in [2.45, 2.75) is 61.8 Å². The Balaban J connectivity index is 5.45. The Morgan fingerprint density at radius 3 is 1.03 bits per heavy atom. The van der Waals surface area contributed by atoms with Crippen molar-refractivity contribution in [3.8, 4) is 0 Å². The van der Waals surface area contributed by atoms with Crippen LogP contribution < -0.4 is 0 Å². The highest BCUT2D eigenvalue weighted by molar-refractivity contribution is 4.99. The summed E-state index contributed by atoms with van der Waals surface area (Å²) in [5.74, 6) is -39.2. The molecule has 0 amide bonds. The highest BCUT2D eigenvalue weighted by Gasteiger charge is 2.76. The van der Waals surface area contributed by atoms with Gasteiger partial charge in [0.25, 0.3) is 6.48 Å². The molecule has 0 atom stereocenters. The van der Waals surface area contributed by atoms with Crippen molar-refractivity contribution >= 4 is 0 Å². The first-order valence-electron chi connectivity index (χ1n) is 7.71. The van der Waals surface area contributed by atoms with Crippen LogP contribution in [0.25, 0.3) is 0 Å². The molecule has 0 aromatic rings. The number of halogens is 16. The molecule has 0 radical (unpaired) electrons. The third-order valence-electron chi connectivity index (χ3n) is 3.41. The van der Waals surface area contributed by atoms with Crippen molar-refractivity contribution in [1.82, 2.24) is 0 Å². The summed E-state index contributed by atoms with van der Waals surface area (Å²) in [5, 5.41) is 0. The maximum atomic E-state index is 13.3. The van der Waals surface area contributed by atoms with Crippen LogP contribution in [0.1, 0.15) is 6.92 Å². The Morgan fingerprint density at radius 1 is 0.531 bits per heavy atom. The lowest BCUT2D eigenvalue weighted by Crippen LogP contribution is -2.60. The second-order valence-electron chi connectivity index (χ2n) is 5.77. The predicted molar refractivity (Wildman–Crippen MR) is 69.0 cm³/mol. The number of alkyl halides is 16. The van der Waals surface area contributed by atoms with Crippen LogP contribution in [0.5, 0.6) is 0 Å². The average molecular weight is 520 g/mol. The lowest BCUT2D eigenvalue weighted by atomic mass is 10.1. The van der Waals surface area contributed by atoms with Gasteiger partial charge in [0.2, 0.25) is 0 Å². The molecule has 0 saturated carbocycles. The molecule has 0 N–H and O–H groups in total. The third kappa shape index (κ3) is 5.81. The minimum absolute atomic E-state index is 0.838. The van der Waals surface area contributed by atoms with Crippen LogP contribution in [0.15, 0.2) is 0 Å². The van der Waals surface area contributed by atoms with Crippen LogP contribution in [-0.4, -0.2) is 74.7 Å². The number of hydrogen-bond donors (Lipinski definition) is 0. The molecule has 19 heteroatoms. The summed E-state index contributed by atoms with van der Waals surface area (Å²) in [6, 6.07) is 0. The summed E-state index contributed by atoms with van der Waals surface area (Å²) in [5.41, 5.74) is 0. The molecule has 0 rings (SSSR count). The molecule has 0 heterocycles. The summed E-state index contributed by atoms with van der Waals surface area (Å²) < 4.78 is 215. The van der Waals surface area contributed by atoms with Gasteiger partial charge in [0, 0.05) is 6.61 Å². The standard InChI is InChI=1S/C13H12F16O3/c1-2-30-7(31-3-8(18,19)12(26,27)10(22,23)5(14)15)32-4-9(20,21)13(28,29)11(24,25)6(16)17/h5-7H,2-4H2,1H3. The van der Waals surface area contributed by atoms with Crippen LogP contribution in [0.3, 0.4) is 0 Å². The lowest BCUT2D eigenvalue weighted by Gasteiger charge is -2.34. The van der Waals surface area contributed by atoms with E-state index in [2.05, 4.69) is 14.2 Å². The van der Waals surface area contributed by atoms with Gasteiger partial charge in [-0.2, -0.15) is 52.7 Å². The summed E-state index contributed by atoms with van der Waals surface area (Å²) in [6.45, 7) is -9.11. The number of hydrogen-bond acceptors (Lipinski definition) is 3. The molecule has 0 unspecified atom stereocenters. The zero-order valence-corrected chi connectivity index (χ0v) is 15.1. The molecule has 0 aromatic carbocycles. The Kier molecular flexibility index (Phi) is 9.56. The Morgan fingerprint density at radius 2 is 0.812 bits per heavy atom. The van der Waals surface area contributed by atoms with E-state index in [4.69, 9.17) is 0 Å². The van der Waals surface area contributed by atoms with Crippen molar-refractivity contribution in [1.29, 1.82) is 0 Å². The van der Waals surface area contributed by atoms with Gasteiger partial charge in [0.15, 0.2) is 0 Å². The van der Waals surface area contributed by atoms with E-state index in [1.807, 2.05) is 0 Å². The maximum Gasteiger partial charge on any atom is 0.380 e. The van der Waals surface area contributed by atoms with E-state index < -0.39 is 74.7 Å². The fraction of sp³-hybridized carbons (Fsp3) is 1.00. The van der Waals surface area contributed by atoms with Crippen molar-refractivity contribution in [3.05, 3.63) is 0 Å². The molecular weight excluding hydrogens is 508 g/mol. The predicted octanol–water partition coefficient (Wildman–Crippen LogP) is 5.68. The average Bonchev–Trinajstić information content (AvgIpc) is 2.62. The van der Waals surface area contributed by atoms with E-state index in [0.717, 1.165) is 6.92 Å². The van der Waals surface area contributed by atoms with Crippen molar-refractivity contribution < 1.29 is 84.5 Å². The molecule has 0 aliphatic heterocycles. The summed E-state index contributed by atoms with van der Waals surface area (Å²) >= 11 is 0. The smallest absolute Gasteiger partial charge is 0.330 e. The van der Waals surface area contributed by atoms with Crippen molar-refractivity contribution in [2.75, 3.05) is 19.8 Å². The number of rotatable bonds is 14. The van der Waals surface area contributed by atoms with Crippen molar-refractivity contribution in [3.63, 3.8) is 0 Å². The van der Waals surface area contributed by atoms with Crippen LogP contribution in [0, 0.1) is 0 Å². The second-order valence-corrected chi connectivity index (χ2v) is 5.77. The monoisotopic (exact) mass is 520 g/mol. The van der Waals surface area contributed by atoms with Gasteiger partial charge in [0.05, 0.1) is 0 Å². The molecule has 0 fully saturated rings. The lowest BCUT2D eigenvalue weighted by molar-refractivity contribution is -0.384. The Labute approximate surface area is 167 Å². The largest absolute Gasteiger partial charge is 0.380 e. The first-order valence-corrected chi connectivity index (χ1v) is 7.71. The second kappa shape index (κ2) is 9.94. The van der Waals surface area contributed by atoms with Crippen LogP contribution >= 0.6 is 0 Å². The molecule has 0 spiro atoms. The topological polar surface area (TPSA) is 27.7 Å². The Hall–Kier alpha value is -1.24. The molecule has 3 nitrogen and oxygen atoms in total. The minimum Gasteiger partial charge on any atom is -0.330 e. The van der Waals surface area contributed by atoms with E-state index in [1.54, 1.807) is 0 Å². The maximum absolute atomic E-state index is 13.3. The normalized spacial score (nSPS) is 15.4. The highest BCUT2D eigenvalue weighted by atomic mass is 19.4. The van der Waals surface area contributed by atoms with E-state index in [1.165, 1.54) is 0 Å². The fourth-order valence-corrected chi connectivity index (χ4v) is 1.57. The molecule has 0 bridgehead atoms. The first kappa shape index (κ1) is 30.8. The quantitative estimate of drug-likeness (QED) is 0.218. The van der Waals surface area contributed by atoms with E-state index in [9.17, 15) is 70.2 Å². The minimum atomic E-state index is -6.80. The molecular formula is C13H12F16O3. The van der Waals surface area contributed by atoms with Gasteiger partial charge in [-0.05, 0) is 6.92 Å². The molecule has 32 heavy (non-hydrogen) atoms. The van der Waals surface area contributed by atoms with Gasteiger partial charge < -0.3 is 14.2 Å². The fourth-order valence-electron chi connectivity index (χ4n) is 1.57. The zero-order chi connectivity index (χ0) is 26.0. The zero-order valence-electron chi connectivity index (χ0n) is 15.1. The van der Waals surface area contributed by atoms with Gasteiger partial charge in [-0.25, -0.2) is 17.6 Å². The molecule has 194 valence electrons. The third-order valence-corrected chi connectivity index (χ3v) is 3.41. The summed E-state index contributed by atoms with van der Waals surface area (Å²) in [4.78, 5) is 0. The molecule has 0 aromatic heterocycles. The van der Waals surface area contributed by atoms with E-state index in [-0.39, 0.29) is 0 Å². The summed E-state index contributed by atoms with van der Waals surface area (Å²) in [6.07, 6.45) is -10.6. The molecule has 0 aliphatic rings. The van der Waals surface area contributed by atoms with Crippen LogP contribution in [0.4, 0.5) is 70.2 Å². The van der Waals surface area contributed by atoms with Gasteiger partial charge in [0.1, 0.15) is 13.2 Å². The Bertz CT molecular complexity index is 546. The van der Waals surface area contributed by atoms with Crippen molar-refractivity contribution in [2.24, 2.45) is 0 Å². The van der Waals surface area contributed by atoms with E-state index in [0.29, 0.717) is 0 Å². The SMILES string of the molecule is CCOC(OCC(F)(F)C(F)(F)C(F)(F)C(F)F)OCC(F)(F)C(F)(F)C(F)(F)C(F)F. The molecule has 0 saturated heterocycles. The van der Waals surface area contributed by atoms with Crippen LogP contribution in [-0.2, 0) is 14.2 Å². The first-order chi connectivity index (χ1) is 14.0. The van der Waals surface area contributed by atoms with Crippen LogP contribution in [0.2, 0.25) is 0 Å². The molecule has 0 aliphatic carbocycles. The van der Waals surface area contributed by atoms with Gasteiger partial charge in [-0.3, -0.25) is 0 Å². The number of ether oxygens (including phenoxy) is 3. The van der Waals surface area contributed by atoms with Gasteiger partial charge in [-0.1, -0.05) is 0 Å². The summed E-state index contributed by atoms with van der Waals surface area (Å²) in [7, 11) is 0. The van der Waals surface area contributed by atoms with E-state index >= 15 is 0 Å². The highest BCUT2D eigenvalue weighted by Crippen LogP contribution is 2.50.